The van der Waals surface area contributed by atoms with Crippen LogP contribution in [0.5, 0.6) is 0 Å². The average Bonchev–Trinajstić information content (AvgIpc) is 2.10. The molecule has 12 heavy (non-hydrogen) atoms. The van der Waals surface area contributed by atoms with E-state index < -0.39 is 6.04 Å². The maximum absolute atomic E-state index is 11.0. The Morgan fingerprint density at radius 2 is 2.25 bits per heavy atom. The van der Waals surface area contributed by atoms with Crippen molar-refractivity contribution in [2.24, 2.45) is 11.5 Å². The molecule has 0 aromatic heterocycles. The summed E-state index contributed by atoms with van der Waals surface area (Å²) in [6, 6.07) is -0.500. The molecule has 0 rings (SSSR count). The lowest BCUT2D eigenvalue weighted by Crippen LogP contribution is -2.32. The molecule has 0 amide bonds. The minimum absolute atomic E-state index is 0.315. The van der Waals surface area contributed by atoms with Crippen molar-refractivity contribution in [2.75, 3.05) is 13.2 Å². The molecule has 0 radical (unpaired) electrons. The fraction of sp³-hybridized carbons (Fsp3) is 0.875. The van der Waals surface area contributed by atoms with Crippen molar-refractivity contribution in [2.45, 2.75) is 32.2 Å². The van der Waals surface area contributed by atoms with Gasteiger partial charge in [-0.15, -0.1) is 0 Å². The van der Waals surface area contributed by atoms with Gasteiger partial charge in [-0.25, -0.2) is 0 Å². The van der Waals surface area contributed by atoms with E-state index in [0.717, 1.165) is 12.8 Å². The van der Waals surface area contributed by atoms with E-state index in [0.29, 0.717) is 19.6 Å². The number of carbonyl (C=O) groups excluding carboxylic acids is 1. The van der Waals surface area contributed by atoms with Gasteiger partial charge in [-0.1, -0.05) is 6.92 Å². The van der Waals surface area contributed by atoms with E-state index >= 15 is 0 Å². The van der Waals surface area contributed by atoms with Crippen LogP contribution in [0.2, 0.25) is 0 Å². The quantitative estimate of drug-likeness (QED) is 0.556. The van der Waals surface area contributed by atoms with Gasteiger partial charge in [0, 0.05) is 0 Å². The zero-order valence-corrected chi connectivity index (χ0v) is 7.58. The summed E-state index contributed by atoms with van der Waals surface area (Å²) in [6.07, 6.45) is 2.21. The fourth-order valence-electron chi connectivity index (χ4n) is 0.765. The maximum Gasteiger partial charge on any atom is 0.322 e. The largest absolute Gasteiger partial charge is 0.465 e. The third kappa shape index (κ3) is 5.09. The second kappa shape index (κ2) is 7.06. The highest BCUT2D eigenvalue weighted by molar-refractivity contribution is 5.75. The molecule has 4 N–H and O–H groups in total. The molecule has 0 saturated heterocycles. The Morgan fingerprint density at radius 3 is 2.75 bits per heavy atom. The summed E-state index contributed by atoms with van der Waals surface area (Å²) in [6.45, 7) is 2.96. The van der Waals surface area contributed by atoms with Gasteiger partial charge in [0.15, 0.2) is 0 Å². The van der Waals surface area contributed by atoms with Crippen LogP contribution in [0.1, 0.15) is 26.2 Å². The lowest BCUT2D eigenvalue weighted by Gasteiger charge is -2.09. The normalized spacial score (nSPS) is 12.6. The van der Waals surface area contributed by atoms with Crippen LogP contribution >= 0.6 is 0 Å². The van der Waals surface area contributed by atoms with Crippen molar-refractivity contribution in [3.63, 3.8) is 0 Å². The molecule has 1 unspecified atom stereocenters. The number of hydrogen-bond acceptors (Lipinski definition) is 4. The van der Waals surface area contributed by atoms with E-state index in [2.05, 4.69) is 0 Å². The van der Waals surface area contributed by atoms with E-state index in [1.54, 1.807) is 0 Å². The Labute approximate surface area is 73.2 Å². The summed E-state index contributed by atoms with van der Waals surface area (Å²) in [5.74, 6) is -0.315. The number of ether oxygens (including phenoxy) is 1. The standard InChI is InChI=1S/C8H18N2O2/c1-2-6-12-8(11)7(10)4-3-5-9/h7H,2-6,9-10H2,1H3. The van der Waals surface area contributed by atoms with Crippen LogP contribution in [0.15, 0.2) is 0 Å². The highest BCUT2D eigenvalue weighted by Crippen LogP contribution is 1.96. The second-order valence-corrected chi connectivity index (χ2v) is 2.70. The number of hydrogen-bond donors (Lipinski definition) is 2. The van der Waals surface area contributed by atoms with Crippen molar-refractivity contribution in [3.05, 3.63) is 0 Å². The Hall–Kier alpha value is -0.610. The second-order valence-electron chi connectivity index (χ2n) is 2.70. The number of nitrogens with two attached hydrogens (primary N) is 2. The highest BCUT2D eigenvalue weighted by atomic mass is 16.5. The summed E-state index contributed by atoms with van der Waals surface area (Å²) < 4.78 is 4.85. The van der Waals surface area contributed by atoms with Crippen LogP contribution in [-0.2, 0) is 9.53 Å². The molecule has 4 nitrogen and oxygen atoms in total. The first-order valence-corrected chi connectivity index (χ1v) is 4.34. The Morgan fingerprint density at radius 1 is 1.58 bits per heavy atom. The predicted octanol–water partition coefficient (Wildman–Crippen LogP) is 0.00580. The van der Waals surface area contributed by atoms with Crippen molar-refractivity contribution < 1.29 is 9.53 Å². The van der Waals surface area contributed by atoms with Gasteiger partial charge in [0.2, 0.25) is 0 Å². The number of carbonyl (C=O) groups is 1. The molecule has 0 aliphatic rings. The first kappa shape index (κ1) is 11.4. The van der Waals surface area contributed by atoms with E-state index in [4.69, 9.17) is 16.2 Å². The molecule has 0 aromatic carbocycles. The van der Waals surface area contributed by atoms with Crippen molar-refractivity contribution in [1.29, 1.82) is 0 Å². The number of rotatable bonds is 6. The highest BCUT2D eigenvalue weighted by Gasteiger charge is 2.13. The van der Waals surface area contributed by atoms with Gasteiger partial charge in [0.25, 0.3) is 0 Å². The molecule has 0 aliphatic carbocycles. The van der Waals surface area contributed by atoms with Crippen molar-refractivity contribution in [1.82, 2.24) is 0 Å². The molecular weight excluding hydrogens is 156 g/mol. The molecule has 0 saturated carbocycles. The Kier molecular flexibility index (Phi) is 6.70. The summed E-state index contributed by atoms with van der Waals surface area (Å²) in [5.41, 5.74) is 10.8. The molecule has 1 atom stereocenters. The van der Waals surface area contributed by atoms with Crippen molar-refractivity contribution in [3.8, 4) is 0 Å². The zero-order chi connectivity index (χ0) is 9.40. The molecular formula is C8H18N2O2. The predicted molar refractivity (Wildman–Crippen MR) is 47.5 cm³/mol. The van der Waals surface area contributed by atoms with Crippen LogP contribution in [0.3, 0.4) is 0 Å². The van der Waals surface area contributed by atoms with Gasteiger partial charge in [-0.2, -0.15) is 0 Å². The Bertz CT molecular complexity index is 128. The zero-order valence-electron chi connectivity index (χ0n) is 7.58. The molecule has 0 aromatic rings. The SMILES string of the molecule is CCCOC(=O)C(N)CCCN. The van der Waals surface area contributed by atoms with Crippen LogP contribution < -0.4 is 11.5 Å². The van der Waals surface area contributed by atoms with E-state index in [-0.39, 0.29) is 5.97 Å². The summed E-state index contributed by atoms with van der Waals surface area (Å²) in [7, 11) is 0. The first-order valence-electron chi connectivity index (χ1n) is 4.34. The smallest absolute Gasteiger partial charge is 0.322 e. The van der Waals surface area contributed by atoms with E-state index in [1.807, 2.05) is 6.92 Å². The summed E-state index contributed by atoms with van der Waals surface area (Å²) in [4.78, 5) is 11.0. The molecule has 0 aliphatic heterocycles. The summed E-state index contributed by atoms with van der Waals surface area (Å²) in [5, 5.41) is 0. The van der Waals surface area contributed by atoms with Gasteiger partial charge in [-0.3, -0.25) is 4.79 Å². The van der Waals surface area contributed by atoms with Crippen molar-refractivity contribution >= 4 is 5.97 Å². The monoisotopic (exact) mass is 174 g/mol. The van der Waals surface area contributed by atoms with Crippen LogP contribution in [0.4, 0.5) is 0 Å². The molecule has 0 bridgehead atoms. The minimum Gasteiger partial charge on any atom is -0.465 e. The average molecular weight is 174 g/mol. The van der Waals surface area contributed by atoms with Gasteiger partial charge in [0.1, 0.15) is 6.04 Å². The Balaban J connectivity index is 3.47. The van der Waals surface area contributed by atoms with Gasteiger partial charge < -0.3 is 16.2 Å². The van der Waals surface area contributed by atoms with Crippen LogP contribution in [0, 0.1) is 0 Å². The maximum atomic E-state index is 11.0. The van der Waals surface area contributed by atoms with Gasteiger partial charge in [0.05, 0.1) is 6.61 Å². The first-order chi connectivity index (χ1) is 5.72. The number of esters is 1. The van der Waals surface area contributed by atoms with Gasteiger partial charge in [-0.05, 0) is 25.8 Å². The summed E-state index contributed by atoms with van der Waals surface area (Å²) >= 11 is 0. The molecule has 0 fully saturated rings. The van der Waals surface area contributed by atoms with Crippen LogP contribution in [-0.4, -0.2) is 25.2 Å². The topological polar surface area (TPSA) is 78.3 Å². The minimum atomic E-state index is -0.500. The molecule has 0 spiro atoms. The molecule has 4 heteroatoms. The van der Waals surface area contributed by atoms with Gasteiger partial charge >= 0.3 is 5.97 Å². The molecule has 0 heterocycles. The fourth-order valence-corrected chi connectivity index (χ4v) is 0.765. The lowest BCUT2D eigenvalue weighted by molar-refractivity contribution is -0.145. The third-order valence-electron chi connectivity index (χ3n) is 1.47. The van der Waals surface area contributed by atoms with E-state index in [9.17, 15) is 4.79 Å². The van der Waals surface area contributed by atoms with Crippen LogP contribution in [0.25, 0.3) is 0 Å². The van der Waals surface area contributed by atoms with E-state index in [1.165, 1.54) is 0 Å². The third-order valence-corrected chi connectivity index (χ3v) is 1.47. The molecule has 72 valence electrons. The lowest BCUT2D eigenvalue weighted by atomic mass is 10.2.